The van der Waals surface area contributed by atoms with Gasteiger partial charge >= 0.3 is 5.97 Å². The molecule has 0 radical (unpaired) electrons. The lowest BCUT2D eigenvalue weighted by molar-refractivity contribution is -0.136. The highest BCUT2D eigenvalue weighted by atomic mass is 19.2. The van der Waals surface area contributed by atoms with Crippen molar-refractivity contribution in [3.8, 4) is 5.75 Å². The molecule has 1 aliphatic heterocycles. The Balaban J connectivity index is 1.82. The standard InChI is InChI=1S/C23H19F3N2O4/c1-3-32-23(30)15-11-28(9-8-13-12-6-4-5-7-17(12)27-20(13)15)22(29)14-10-16(24)19(26)21(31-2)18(14)25/h4-7,10-11,27H,3,8-9H2,1-2H3. The predicted octanol–water partition coefficient (Wildman–Crippen LogP) is 4.20. The fourth-order valence-corrected chi connectivity index (χ4v) is 3.80. The molecule has 3 aromatic rings. The molecular weight excluding hydrogens is 425 g/mol. The number of aromatic nitrogens is 1. The number of amides is 1. The minimum atomic E-state index is -1.53. The topological polar surface area (TPSA) is 71.6 Å². The number of para-hydroxylation sites is 1. The first-order chi connectivity index (χ1) is 15.4. The van der Waals surface area contributed by atoms with Gasteiger partial charge in [-0.1, -0.05) is 18.2 Å². The molecule has 0 fully saturated rings. The predicted molar refractivity (Wildman–Crippen MR) is 111 cm³/mol. The maximum absolute atomic E-state index is 14.7. The van der Waals surface area contributed by atoms with Gasteiger partial charge in [-0.3, -0.25) is 4.79 Å². The number of carbonyl (C=O) groups is 2. The number of halogens is 3. The first-order valence-electron chi connectivity index (χ1n) is 9.88. The number of nitrogens with one attached hydrogen (secondary N) is 1. The molecule has 0 saturated heterocycles. The Bertz CT molecular complexity index is 1270. The van der Waals surface area contributed by atoms with Gasteiger partial charge in [-0.15, -0.1) is 0 Å². The van der Waals surface area contributed by atoms with E-state index in [0.29, 0.717) is 18.2 Å². The van der Waals surface area contributed by atoms with E-state index < -0.39 is 40.6 Å². The molecule has 0 saturated carbocycles. The van der Waals surface area contributed by atoms with Gasteiger partial charge in [-0.25, -0.2) is 13.6 Å². The van der Waals surface area contributed by atoms with Crippen LogP contribution in [0.3, 0.4) is 0 Å². The van der Waals surface area contributed by atoms with E-state index in [-0.39, 0.29) is 18.7 Å². The molecule has 1 aromatic heterocycles. The van der Waals surface area contributed by atoms with Crippen LogP contribution in [0.4, 0.5) is 13.2 Å². The van der Waals surface area contributed by atoms with Gasteiger partial charge in [0.1, 0.15) is 0 Å². The second kappa shape index (κ2) is 8.41. The van der Waals surface area contributed by atoms with Crippen LogP contribution in [0.2, 0.25) is 0 Å². The van der Waals surface area contributed by atoms with Gasteiger partial charge in [0.25, 0.3) is 5.91 Å². The van der Waals surface area contributed by atoms with Crippen LogP contribution in [0, 0.1) is 17.5 Å². The molecule has 0 unspecified atom stereocenters. The lowest BCUT2D eigenvalue weighted by Crippen LogP contribution is -2.29. The van der Waals surface area contributed by atoms with E-state index in [0.717, 1.165) is 28.5 Å². The molecule has 0 spiro atoms. The number of esters is 1. The average molecular weight is 444 g/mol. The summed E-state index contributed by atoms with van der Waals surface area (Å²) < 4.78 is 52.2. The molecule has 2 aromatic carbocycles. The Labute approximate surface area is 181 Å². The zero-order valence-electron chi connectivity index (χ0n) is 17.3. The van der Waals surface area contributed by atoms with E-state index in [1.54, 1.807) is 6.92 Å². The summed E-state index contributed by atoms with van der Waals surface area (Å²) >= 11 is 0. The molecule has 1 amide bonds. The zero-order valence-corrected chi connectivity index (χ0v) is 17.3. The van der Waals surface area contributed by atoms with Gasteiger partial charge in [-0.2, -0.15) is 4.39 Å². The molecule has 2 heterocycles. The molecule has 0 atom stereocenters. The first-order valence-corrected chi connectivity index (χ1v) is 9.88. The summed E-state index contributed by atoms with van der Waals surface area (Å²) in [7, 11) is 0.970. The Morgan fingerprint density at radius 2 is 1.91 bits per heavy atom. The van der Waals surface area contributed by atoms with Crippen LogP contribution in [-0.4, -0.2) is 42.0 Å². The minimum Gasteiger partial charge on any atom is -0.491 e. The summed E-state index contributed by atoms with van der Waals surface area (Å²) in [6.07, 6.45) is 1.57. The number of H-pyrrole nitrogens is 1. The number of methoxy groups -OCH3 is 1. The van der Waals surface area contributed by atoms with Crippen molar-refractivity contribution in [1.29, 1.82) is 0 Å². The van der Waals surface area contributed by atoms with Crippen LogP contribution in [-0.2, 0) is 16.0 Å². The quantitative estimate of drug-likeness (QED) is 0.484. The smallest absolute Gasteiger partial charge is 0.341 e. The first kappa shape index (κ1) is 21.5. The van der Waals surface area contributed by atoms with Crippen molar-refractivity contribution in [1.82, 2.24) is 9.88 Å². The number of hydrogen-bond donors (Lipinski definition) is 1. The van der Waals surface area contributed by atoms with E-state index in [2.05, 4.69) is 9.72 Å². The summed E-state index contributed by atoms with van der Waals surface area (Å²) in [6.45, 7) is 1.82. The van der Waals surface area contributed by atoms with E-state index in [4.69, 9.17) is 4.74 Å². The fraction of sp³-hybridized carbons (Fsp3) is 0.217. The van der Waals surface area contributed by atoms with Crippen molar-refractivity contribution in [2.45, 2.75) is 13.3 Å². The maximum atomic E-state index is 14.7. The van der Waals surface area contributed by atoms with Gasteiger partial charge in [0.2, 0.25) is 5.82 Å². The third-order valence-electron chi connectivity index (χ3n) is 5.28. The van der Waals surface area contributed by atoms with Crippen molar-refractivity contribution < 1.29 is 32.2 Å². The monoisotopic (exact) mass is 444 g/mol. The van der Waals surface area contributed by atoms with E-state index >= 15 is 0 Å². The number of fused-ring (bicyclic) bond motifs is 3. The lowest BCUT2D eigenvalue weighted by atomic mass is 10.0. The highest BCUT2D eigenvalue weighted by Gasteiger charge is 2.30. The Kier molecular flexibility index (Phi) is 5.65. The molecule has 0 aliphatic carbocycles. The third-order valence-corrected chi connectivity index (χ3v) is 5.28. The number of ether oxygens (including phenoxy) is 2. The molecule has 1 N–H and O–H groups in total. The second-order valence-corrected chi connectivity index (χ2v) is 7.10. The van der Waals surface area contributed by atoms with Crippen molar-refractivity contribution in [2.75, 3.05) is 20.3 Å². The van der Waals surface area contributed by atoms with Crippen molar-refractivity contribution in [3.63, 3.8) is 0 Å². The number of rotatable bonds is 4. The number of carbonyl (C=O) groups excluding carboxylic acids is 2. The molecule has 4 rings (SSSR count). The molecule has 32 heavy (non-hydrogen) atoms. The average Bonchev–Trinajstić information content (AvgIpc) is 3.04. The van der Waals surface area contributed by atoms with Crippen molar-refractivity contribution >= 4 is 28.4 Å². The Morgan fingerprint density at radius 1 is 1.16 bits per heavy atom. The van der Waals surface area contributed by atoms with E-state index in [1.165, 1.54) is 6.20 Å². The molecule has 9 heteroatoms. The minimum absolute atomic E-state index is 0.0668. The summed E-state index contributed by atoms with van der Waals surface area (Å²) in [5.74, 6) is -6.89. The van der Waals surface area contributed by atoms with Crippen LogP contribution in [0.5, 0.6) is 5.75 Å². The molecule has 1 aliphatic rings. The van der Waals surface area contributed by atoms with Gasteiger partial charge in [0, 0.05) is 23.6 Å². The van der Waals surface area contributed by atoms with Gasteiger partial charge in [0.15, 0.2) is 17.4 Å². The Hall–Kier alpha value is -3.75. The summed E-state index contributed by atoms with van der Waals surface area (Å²) in [4.78, 5) is 30.1. The number of aromatic amines is 1. The summed E-state index contributed by atoms with van der Waals surface area (Å²) in [5.41, 5.74) is 1.44. The fourth-order valence-electron chi connectivity index (χ4n) is 3.80. The zero-order chi connectivity index (χ0) is 23.0. The highest BCUT2D eigenvalue weighted by Crippen LogP contribution is 2.33. The molecule has 0 bridgehead atoms. The number of benzene rings is 2. The number of nitrogens with zero attached hydrogens (tertiary/aromatic N) is 1. The molecule has 166 valence electrons. The van der Waals surface area contributed by atoms with Crippen molar-refractivity contribution in [3.05, 3.63) is 70.8 Å². The van der Waals surface area contributed by atoms with Crippen LogP contribution in [0.15, 0.2) is 36.5 Å². The van der Waals surface area contributed by atoms with Crippen LogP contribution >= 0.6 is 0 Å². The largest absolute Gasteiger partial charge is 0.491 e. The Morgan fingerprint density at radius 3 is 2.62 bits per heavy atom. The van der Waals surface area contributed by atoms with Crippen LogP contribution in [0.25, 0.3) is 16.5 Å². The lowest BCUT2D eigenvalue weighted by Gasteiger charge is -2.19. The normalized spacial score (nSPS) is 13.4. The maximum Gasteiger partial charge on any atom is 0.341 e. The summed E-state index contributed by atoms with van der Waals surface area (Å²) in [5, 5.41) is 0.868. The van der Waals surface area contributed by atoms with Gasteiger partial charge in [-0.05, 0) is 31.0 Å². The van der Waals surface area contributed by atoms with Crippen LogP contribution in [0.1, 0.15) is 28.5 Å². The SMILES string of the molecule is CCOC(=O)C1=CN(C(=O)c2cc(F)c(F)c(OC)c2F)CCc2c1[nH]c1ccccc21. The highest BCUT2D eigenvalue weighted by molar-refractivity contribution is 6.18. The van der Waals surface area contributed by atoms with Crippen LogP contribution < -0.4 is 4.74 Å². The van der Waals surface area contributed by atoms with Crippen molar-refractivity contribution in [2.24, 2.45) is 0 Å². The third kappa shape index (κ3) is 3.49. The van der Waals surface area contributed by atoms with E-state index in [9.17, 15) is 22.8 Å². The molecule has 6 nitrogen and oxygen atoms in total. The number of hydrogen-bond acceptors (Lipinski definition) is 4. The van der Waals surface area contributed by atoms with E-state index in [1.807, 2.05) is 24.3 Å². The molecular formula is C23H19F3N2O4. The van der Waals surface area contributed by atoms with Gasteiger partial charge < -0.3 is 19.4 Å². The summed E-state index contributed by atoms with van der Waals surface area (Å²) in [6, 6.07) is 7.91. The second-order valence-electron chi connectivity index (χ2n) is 7.10. The van der Waals surface area contributed by atoms with Gasteiger partial charge in [0.05, 0.1) is 30.5 Å².